The van der Waals surface area contributed by atoms with Crippen LogP contribution in [0.4, 0.5) is 4.39 Å². The van der Waals surface area contributed by atoms with Crippen LogP contribution in [0, 0.1) is 28.5 Å². The first kappa shape index (κ1) is 15.3. The summed E-state index contributed by atoms with van der Waals surface area (Å²) < 4.78 is 14.0. The molecule has 1 fully saturated rings. The average Bonchev–Trinajstić information content (AvgIpc) is 2.72. The summed E-state index contributed by atoms with van der Waals surface area (Å²) in [5.41, 5.74) is 0.683. The van der Waals surface area contributed by atoms with Gasteiger partial charge in [-0.05, 0) is 35.6 Å². The van der Waals surface area contributed by atoms with Crippen molar-refractivity contribution in [2.24, 2.45) is 11.3 Å². The Bertz CT molecular complexity index is 530. The Morgan fingerprint density at radius 2 is 2.15 bits per heavy atom. The highest BCUT2D eigenvalue weighted by atomic mass is 35.5. The Hall–Kier alpha value is -1.11. The third-order valence-corrected chi connectivity index (χ3v) is 4.04. The lowest BCUT2D eigenvalue weighted by Gasteiger charge is -2.26. The van der Waals surface area contributed by atoms with Gasteiger partial charge in [-0.1, -0.05) is 32.4 Å². The SMILES string of the molecule is CC(C)(C)CC1NCC(c2cc(Cl)ccc2F)C1C#N. The minimum Gasteiger partial charge on any atom is -0.312 e. The third kappa shape index (κ3) is 3.31. The number of nitrogens with zero attached hydrogens (tertiary/aromatic N) is 1. The molecule has 0 amide bonds. The minimum atomic E-state index is -0.280. The van der Waals surface area contributed by atoms with Gasteiger partial charge >= 0.3 is 0 Å². The van der Waals surface area contributed by atoms with Crippen LogP contribution in [0.5, 0.6) is 0 Å². The molecule has 1 N–H and O–H groups in total. The molecule has 3 unspecified atom stereocenters. The summed E-state index contributed by atoms with van der Waals surface area (Å²) in [6.45, 7) is 7.07. The molecule has 2 rings (SSSR count). The van der Waals surface area contributed by atoms with E-state index in [0.29, 0.717) is 17.1 Å². The molecule has 1 saturated heterocycles. The summed E-state index contributed by atoms with van der Waals surface area (Å²) >= 11 is 5.96. The number of hydrogen-bond donors (Lipinski definition) is 1. The van der Waals surface area contributed by atoms with Crippen molar-refractivity contribution in [2.45, 2.75) is 39.2 Å². The topological polar surface area (TPSA) is 35.8 Å². The van der Waals surface area contributed by atoms with Gasteiger partial charge in [-0.3, -0.25) is 0 Å². The Kier molecular flexibility index (Phi) is 4.36. The van der Waals surface area contributed by atoms with Crippen molar-refractivity contribution in [2.75, 3.05) is 6.54 Å². The monoisotopic (exact) mass is 294 g/mol. The Labute approximate surface area is 124 Å². The van der Waals surface area contributed by atoms with Gasteiger partial charge in [0.25, 0.3) is 0 Å². The first-order valence-corrected chi connectivity index (χ1v) is 7.27. The molecule has 2 nitrogen and oxygen atoms in total. The van der Waals surface area contributed by atoms with Crippen LogP contribution in [-0.2, 0) is 0 Å². The molecular formula is C16H20ClFN2. The van der Waals surface area contributed by atoms with E-state index in [1.807, 2.05) is 0 Å². The molecule has 1 aromatic rings. The number of hydrogen-bond acceptors (Lipinski definition) is 2. The number of rotatable bonds is 2. The fraction of sp³-hybridized carbons (Fsp3) is 0.562. The summed E-state index contributed by atoms with van der Waals surface area (Å²) in [4.78, 5) is 0. The minimum absolute atomic E-state index is 0.100. The van der Waals surface area contributed by atoms with E-state index in [9.17, 15) is 9.65 Å². The molecule has 108 valence electrons. The summed E-state index contributed by atoms with van der Waals surface area (Å²) in [5, 5.41) is 13.4. The predicted molar refractivity (Wildman–Crippen MR) is 79.1 cm³/mol. The lowest BCUT2D eigenvalue weighted by Crippen LogP contribution is -2.31. The Balaban J connectivity index is 2.26. The average molecular weight is 295 g/mol. The maximum absolute atomic E-state index is 14.0. The number of nitrogens with one attached hydrogen (secondary N) is 1. The quantitative estimate of drug-likeness (QED) is 0.891. The van der Waals surface area contributed by atoms with Crippen LogP contribution < -0.4 is 5.32 Å². The highest BCUT2D eigenvalue weighted by Gasteiger charge is 2.39. The second-order valence-electron chi connectivity index (χ2n) is 6.71. The van der Waals surface area contributed by atoms with Crippen LogP contribution in [0.3, 0.4) is 0 Å². The van der Waals surface area contributed by atoms with Crippen molar-refractivity contribution in [3.63, 3.8) is 0 Å². The Morgan fingerprint density at radius 1 is 1.45 bits per heavy atom. The highest BCUT2D eigenvalue weighted by Crippen LogP contribution is 2.38. The van der Waals surface area contributed by atoms with Gasteiger partial charge in [0.2, 0.25) is 0 Å². The van der Waals surface area contributed by atoms with E-state index >= 15 is 0 Å². The zero-order chi connectivity index (χ0) is 14.9. The molecule has 1 aliphatic rings. The number of nitriles is 1. The summed E-state index contributed by atoms with van der Waals surface area (Å²) in [6, 6.07) is 7.02. The molecule has 0 radical (unpaired) electrons. The van der Waals surface area contributed by atoms with Crippen molar-refractivity contribution in [3.8, 4) is 6.07 Å². The van der Waals surface area contributed by atoms with Gasteiger partial charge in [0, 0.05) is 23.5 Å². The first-order chi connectivity index (χ1) is 9.31. The Morgan fingerprint density at radius 3 is 2.75 bits per heavy atom. The zero-order valence-corrected chi connectivity index (χ0v) is 12.8. The maximum atomic E-state index is 14.0. The van der Waals surface area contributed by atoms with Crippen LogP contribution in [0.2, 0.25) is 5.02 Å². The summed E-state index contributed by atoms with van der Waals surface area (Å²) in [5.74, 6) is -0.633. The predicted octanol–water partition coefficient (Wildman–Crippen LogP) is 4.11. The standard InChI is InChI=1S/C16H20ClFN2/c1-16(2,3)7-15-12(8-19)13(9-20-15)11-6-10(17)4-5-14(11)18/h4-6,12-13,15,20H,7,9H2,1-3H3. The third-order valence-electron chi connectivity index (χ3n) is 3.81. The van der Waals surface area contributed by atoms with E-state index in [0.717, 1.165) is 6.42 Å². The van der Waals surface area contributed by atoms with E-state index < -0.39 is 0 Å². The van der Waals surface area contributed by atoms with E-state index in [2.05, 4.69) is 32.2 Å². The van der Waals surface area contributed by atoms with Crippen LogP contribution >= 0.6 is 11.6 Å². The molecule has 0 bridgehead atoms. The van der Waals surface area contributed by atoms with E-state index in [4.69, 9.17) is 11.6 Å². The molecule has 0 aromatic heterocycles. The largest absolute Gasteiger partial charge is 0.312 e. The van der Waals surface area contributed by atoms with Gasteiger partial charge < -0.3 is 5.32 Å². The molecule has 0 saturated carbocycles. The molecule has 1 aromatic carbocycles. The van der Waals surface area contributed by atoms with E-state index in [-0.39, 0.29) is 29.1 Å². The number of halogens is 2. The van der Waals surface area contributed by atoms with E-state index in [1.54, 1.807) is 6.07 Å². The lowest BCUT2D eigenvalue weighted by molar-refractivity contribution is 0.304. The molecule has 1 heterocycles. The summed E-state index contributed by atoms with van der Waals surface area (Å²) in [7, 11) is 0. The van der Waals surface area contributed by atoms with Crippen molar-refractivity contribution >= 4 is 11.6 Å². The molecule has 3 atom stereocenters. The van der Waals surface area contributed by atoms with Gasteiger partial charge in [0.1, 0.15) is 5.82 Å². The molecule has 4 heteroatoms. The molecular weight excluding hydrogens is 275 g/mol. The van der Waals surface area contributed by atoms with Crippen LogP contribution in [0.25, 0.3) is 0 Å². The summed E-state index contributed by atoms with van der Waals surface area (Å²) in [6.07, 6.45) is 0.893. The van der Waals surface area contributed by atoms with Crippen LogP contribution in [0.15, 0.2) is 18.2 Å². The second kappa shape index (κ2) is 5.71. The fourth-order valence-electron chi connectivity index (χ4n) is 2.95. The van der Waals surface area contributed by atoms with Gasteiger partial charge in [-0.15, -0.1) is 0 Å². The van der Waals surface area contributed by atoms with Gasteiger partial charge in [0.15, 0.2) is 0 Å². The molecule has 0 aliphatic carbocycles. The van der Waals surface area contributed by atoms with Gasteiger partial charge in [-0.2, -0.15) is 5.26 Å². The highest BCUT2D eigenvalue weighted by molar-refractivity contribution is 6.30. The molecule has 0 spiro atoms. The smallest absolute Gasteiger partial charge is 0.126 e. The fourth-order valence-corrected chi connectivity index (χ4v) is 3.13. The first-order valence-electron chi connectivity index (χ1n) is 6.90. The lowest BCUT2D eigenvalue weighted by atomic mass is 9.79. The van der Waals surface area contributed by atoms with E-state index in [1.165, 1.54) is 12.1 Å². The zero-order valence-electron chi connectivity index (χ0n) is 12.1. The maximum Gasteiger partial charge on any atom is 0.126 e. The van der Waals surface area contributed by atoms with Crippen LogP contribution in [0.1, 0.15) is 38.7 Å². The molecule has 1 aliphatic heterocycles. The van der Waals surface area contributed by atoms with Crippen molar-refractivity contribution in [3.05, 3.63) is 34.6 Å². The second-order valence-corrected chi connectivity index (χ2v) is 7.14. The van der Waals surface area contributed by atoms with Crippen molar-refractivity contribution in [1.82, 2.24) is 5.32 Å². The van der Waals surface area contributed by atoms with Crippen LogP contribution in [-0.4, -0.2) is 12.6 Å². The van der Waals surface area contributed by atoms with Crippen molar-refractivity contribution < 1.29 is 4.39 Å². The normalized spacial score (nSPS) is 26.5. The van der Waals surface area contributed by atoms with Gasteiger partial charge in [-0.25, -0.2) is 4.39 Å². The van der Waals surface area contributed by atoms with Gasteiger partial charge in [0.05, 0.1) is 12.0 Å². The van der Waals surface area contributed by atoms with Crippen molar-refractivity contribution in [1.29, 1.82) is 5.26 Å². The molecule has 20 heavy (non-hydrogen) atoms. The number of benzene rings is 1.